The molecule has 0 radical (unpaired) electrons. The van der Waals surface area contributed by atoms with Crippen molar-refractivity contribution in [3.63, 3.8) is 0 Å². The van der Waals surface area contributed by atoms with Gasteiger partial charge in [-0.25, -0.2) is 0 Å². The van der Waals surface area contributed by atoms with E-state index >= 15 is 0 Å². The highest BCUT2D eigenvalue weighted by molar-refractivity contribution is 5.95. The van der Waals surface area contributed by atoms with Crippen LogP contribution < -0.4 is 5.32 Å². The van der Waals surface area contributed by atoms with Crippen molar-refractivity contribution in [3.05, 3.63) is 366 Å². The Kier molecular flexibility index (Phi) is 22.5. The molecule has 0 saturated heterocycles. The summed E-state index contributed by atoms with van der Waals surface area (Å²) in [6.07, 6.45) is 5.67. The van der Waals surface area contributed by atoms with Gasteiger partial charge in [-0.05, 0) is 136 Å². The Balaban J connectivity index is 0.000000149. The third-order valence-corrected chi connectivity index (χ3v) is 14.4. The minimum absolute atomic E-state index is 0.189. The fourth-order valence-corrected chi connectivity index (χ4v) is 10.6. The SMILES string of the molecule is C=C/C=C(\C)c1ccccc1.C=Cc1cccc(C)c1.CC.CNc1ccc(-c2ccccc2)cc1.Cc1cccc(C)c1.Cc1cccc2c1-c1ccccc1C21c2ccccc2-c2ccccc21.c1ccc(-c2ccccc2)cc1. The van der Waals surface area contributed by atoms with Gasteiger partial charge in [-0.1, -0.05) is 335 Å². The van der Waals surface area contributed by atoms with Gasteiger partial charge in [0.05, 0.1) is 5.41 Å². The van der Waals surface area contributed by atoms with Crippen LogP contribution >= 0.6 is 0 Å². The van der Waals surface area contributed by atoms with Crippen molar-refractivity contribution >= 4 is 17.3 Å². The van der Waals surface area contributed by atoms with Gasteiger partial charge in [-0.3, -0.25) is 0 Å². The van der Waals surface area contributed by atoms with Gasteiger partial charge >= 0.3 is 0 Å². The third-order valence-electron chi connectivity index (χ3n) is 14.4. The molecular weight excluding hydrogens is 987 g/mol. The largest absolute Gasteiger partial charge is 0.388 e. The molecule has 0 unspecified atom stereocenters. The number of fused-ring (bicyclic) bond motifs is 10. The minimum atomic E-state index is -0.189. The number of rotatable bonds is 6. The lowest BCUT2D eigenvalue weighted by molar-refractivity contribution is 0.793. The Bertz CT molecular complexity index is 3660. The van der Waals surface area contributed by atoms with E-state index < -0.39 is 0 Å². The fourth-order valence-electron chi connectivity index (χ4n) is 10.6. The summed E-state index contributed by atoms with van der Waals surface area (Å²) in [6, 6.07) is 100. The zero-order chi connectivity index (χ0) is 58.1. The van der Waals surface area contributed by atoms with Crippen molar-refractivity contribution in [2.24, 2.45) is 0 Å². The standard InChI is InChI=1S/C26H18.C13H13N.C12H10.C11H12.C9H10.C8H10.C2H6/c1-17-9-8-16-24-25(17)20-12-4-7-15-23(20)26(24)21-13-5-2-10-18(21)19-11-3-6-14-22(19)26;1-14-13-9-7-12(8-10-13)11-5-3-2-4-6-11;1-3-7-11(8-4-1)12-9-5-2-6-10-12;1-3-7-10(2)11-8-5-4-6-9-11;1-3-9-6-4-5-8(2)7-9;1-7-4-3-5-8(2)6-7;1-2/h2-16H,1H3;2-10,14H,1H3;1-10H;3-9H,1H2,2H3;3-7H,1H2,2H3;3-6H,1-2H3;1-2H3/b;;;10-7+;;;. The molecule has 0 aromatic heterocycles. The third kappa shape index (κ3) is 15.0. The average molecular weight is 1070 g/mol. The summed E-state index contributed by atoms with van der Waals surface area (Å²) in [4.78, 5) is 0. The first kappa shape index (κ1) is 60.1. The van der Waals surface area contributed by atoms with Gasteiger partial charge in [-0.15, -0.1) is 0 Å². The smallest absolute Gasteiger partial charge is 0.0725 e. The predicted molar refractivity (Wildman–Crippen MR) is 360 cm³/mol. The zero-order valence-electron chi connectivity index (χ0n) is 49.3. The summed E-state index contributed by atoms with van der Waals surface area (Å²) >= 11 is 0. The van der Waals surface area contributed by atoms with Crippen LogP contribution in [0.3, 0.4) is 0 Å². The van der Waals surface area contributed by atoms with Crippen LogP contribution in [0.1, 0.15) is 76.4 Å². The number of anilines is 1. The van der Waals surface area contributed by atoms with E-state index in [9.17, 15) is 0 Å². The first-order valence-corrected chi connectivity index (χ1v) is 28.6. The molecule has 1 heteroatoms. The van der Waals surface area contributed by atoms with Crippen LogP contribution in [0.5, 0.6) is 0 Å². The summed E-state index contributed by atoms with van der Waals surface area (Å²) in [7, 11) is 1.93. The Morgan fingerprint density at radius 3 is 1.17 bits per heavy atom. The molecule has 0 aliphatic heterocycles. The normalized spacial score (nSPS) is 11.2. The molecule has 11 aromatic rings. The van der Waals surface area contributed by atoms with E-state index in [4.69, 9.17) is 0 Å². The van der Waals surface area contributed by atoms with Crippen molar-refractivity contribution < 1.29 is 0 Å². The van der Waals surface area contributed by atoms with Crippen LogP contribution in [0.15, 0.2) is 310 Å². The van der Waals surface area contributed by atoms with Crippen LogP contribution in [0.25, 0.3) is 56.2 Å². The maximum Gasteiger partial charge on any atom is 0.0725 e. The molecule has 13 rings (SSSR count). The van der Waals surface area contributed by atoms with E-state index in [0.717, 1.165) is 5.69 Å². The van der Waals surface area contributed by atoms with Crippen molar-refractivity contribution in [1.82, 2.24) is 0 Å². The lowest BCUT2D eigenvalue weighted by atomic mass is 9.70. The van der Waals surface area contributed by atoms with Crippen LogP contribution in [0.2, 0.25) is 0 Å². The highest BCUT2D eigenvalue weighted by Crippen LogP contribution is 2.63. The predicted octanol–water partition coefficient (Wildman–Crippen LogP) is 22.3. The van der Waals surface area contributed by atoms with Gasteiger partial charge < -0.3 is 5.32 Å². The van der Waals surface area contributed by atoms with Gasteiger partial charge in [0.1, 0.15) is 0 Å². The Labute approximate surface area is 491 Å². The number of hydrogen-bond donors (Lipinski definition) is 1. The first-order chi connectivity index (χ1) is 40.2. The number of allylic oxidation sites excluding steroid dienone is 3. The number of hydrogen-bond acceptors (Lipinski definition) is 1. The summed E-state index contributed by atoms with van der Waals surface area (Å²) in [6.45, 7) is 21.9. The highest BCUT2D eigenvalue weighted by atomic mass is 14.8. The highest BCUT2D eigenvalue weighted by Gasteiger charge is 2.51. The molecule has 0 heterocycles. The summed E-state index contributed by atoms with van der Waals surface area (Å²) < 4.78 is 0. The van der Waals surface area contributed by atoms with Gasteiger partial charge in [0.15, 0.2) is 0 Å². The Morgan fingerprint density at radius 2 is 0.756 bits per heavy atom. The second-order valence-corrected chi connectivity index (χ2v) is 20.0. The van der Waals surface area contributed by atoms with Crippen LogP contribution in [0.4, 0.5) is 5.69 Å². The van der Waals surface area contributed by atoms with Crippen molar-refractivity contribution in [3.8, 4) is 44.5 Å². The van der Waals surface area contributed by atoms with E-state index in [1.807, 2.05) is 87.7 Å². The molecule has 1 spiro atoms. The van der Waals surface area contributed by atoms with Gasteiger partial charge in [0.25, 0.3) is 0 Å². The monoisotopic (exact) mass is 1070 g/mol. The summed E-state index contributed by atoms with van der Waals surface area (Å²) in [5.41, 5.74) is 26.2. The Morgan fingerprint density at radius 1 is 0.378 bits per heavy atom. The second kappa shape index (κ2) is 30.7. The summed E-state index contributed by atoms with van der Waals surface area (Å²) in [5, 5.41) is 3.11. The van der Waals surface area contributed by atoms with Gasteiger partial charge in [0.2, 0.25) is 0 Å². The molecule has 2 aliphatic rings. The molecule has 11 aromatic carbocycles. The molecular formula is C81H79N. The number of nitrogens with one attached hydrogen (secondary N) is 1. The van der Waals surface area contributed by atoms with Crippen LogP contribution in [-0.4, -0.2) is 7.05 Å². The molecule has 0 saturated carbocycles. The number of benzene rings is 11. The first-order valence-electron chi connectivity index (χ1n) is 28.6. The average Bonchev–Trinajstić information content (AvgIpc) is 2.42. The quantitative estimate of drug-likeness (QED) is 0.164. The van der Waals surface area contributed by atoms with E-state index in [-0.39, 0.29) is 5.41 Å². The van der Waals surface area contributed by atoms with E-state index in [2.05, 4.69) is 290 Å². The van der Waals surface area contributed by atoms with E-state index in [1.54, 1.807) is 0 Å². The van der Waals surface area contributed by atoms with E-state index in [1.165, 1.54) is 106 Å². The van der Waals surface area contributed by atoms with Crippen LogP contribution in [-0.2, 0) is 5.41 Å². The maximum atomic E-state index is 3.67. The second-order valence-electron chi connectivity index (χ2n) is 20.0. The summed E-state index contributed by atoms with van der Waals surface area (Å²) in [5.74, 6) is 0. The molecule has 0 atom stereocenters. The number of aryl methyl sites for hydroxylation is 4. The topological polar surface area (TPSA) is 12.0 Å². The lowest BCUT2D eigenvalue weighted by Crippen LogP contribution is -2.25. The van der Waals surface area contributed by atoms with E-state index in [0.29, 0.717) is 0 Å². The van der Waals surface area contributed by atoms with Gasteiger partial charge in [0, 0.05) is 12.7 Å². The molecule has 408 valence electrons. The molecule has 0 amide bonds. The van der Waals surface area contributed by atoms with Crippen molar-refractivity contribution in [2.75, 3.05) is 12.4 Å². The van der Waals surface area contributed by atoms with Crippen LogP contribution in [0, 0.1) is 27.7 Å². The fraction of sp³-hybridized carbons (Fsp3) is 0.111. The Hall–Kier alpha value is -9.56. The molecule has 0 bridgehead atoms. The molecule has 82 heavy (non-hydrogen) atoms. The van der Waals surface area contributed by atoms with Gasteiger partial charge in [-0.2, -0.15) is 0 Å². The molecule has 2 aliphatic carbocycles. The van der Waals surface area contributed by atoms with Crippen molar-refractivity contribution in [1.29, 1.82) is 0 Å². The maximum absolute atomic E-state index is 3.67. The lowest BCUT2D eigenvalue weighted by Gasteiger charge is -2.30. The molecule has 1 nitrogen and oxygen atoms in total. The molecule has 0 fully saturated rings. The zero-order valence-corrected chi connectivity index (χ0v) is 49.3. The van der Waals surface area contributed by atoms with Crippen molar-refractivity contribution in [2.45, 2.75) is 53.9 Å². The minimum Gasteiger partial charge on any atom is -0.388 e. The molecule has 1 N–H and O–H groups in total.